The fourth-order valence-electron chi connectivity index (χ4n) is 3.79. The molecule has 0 spiro atoms. The first-order valence-corrected chi connectivity index (χ1v) is 7.75. The largest absolute Gasteiger partial charge is 0.393 e. The molecule has 0 bridgehead atoms. The van der Waals surface area contributed by atoms with Gasteiger partial charge in [-0.05, 0) is 49.1 Å². The summed E-state index contributed by atoms with van der Waals surface area (Å²) in [5.74, 6) is 1.27. The minimum absolute atomic E-state index is 0.0440. The highest BCUT2D eigenvalue weighted by Gasteiger charge is 2.27. The standard InChI is InChI=1S/C17H25NO/c1-13-11-15-5-2-3-7-16(15)18(12-13)10-9-14-6-4-8-17(14)19/h2-3,5,7,13-14,17,19H,4,6,8-12H2,1H3. The first kappa shape index (κ1) is 13.0. The van der Waals surface area contributed by atoms with Gasteiger partial charge in [0.15, 0.2) is 0 Å². The van der Waals surface area contributed by atoms with Crippen molar-refractivity contribution < 1.29 is 5.11 Å². The molecule has 3 atom stereocenters. The van der Waals surface area contributed by atoms with E-state index in [0.29, 0.717) is 5.92 Å². The van der Waals surface area contributed by atoms with Crippen LogP contribution in [-0.4, -0.2) is 24.3 Å². The highest BCUT2D eigenvalue weighted by molar-refractivity contribution is 5.55. The lowest BCUT2D eigenvalue weighted by atomic mass is 9.93. The van der Waals surface area contributed by atoms with Gasteiger partial charge >= 0.3 is 0 Å². The van der Waals surface area contributed by atoms with E-state index in [1.807, 2.05) is 0 Å². The first-order valence-electron chi connectivity index (χ1n) is 7.75. The highest BCUT2D eigenvalue weighted by Crippen LogP contribution is 2.32. The quantitative estimate of drug-likeness (QED) is 0.901. The molecule has 1 aliphatic heterocycles. The van der Waals surface area contributed by atoms with Crippen LogP contribution in [0.4, 0.5) is 5.69 Å². The van der Waals surface area contributed by atoms with E-state index in [1.54, 1.807) is 0 Å². The lowest BCUT2D eigenvalue weighted by Gasteiger charge is -2.35. The summed E-state index contributed by atoms with van der Waals surface area (Å²) in [6.07, 6.45) is 5.74. The fourth-order valence-corrected chi connectivity index (χ4v) is 3.79. The average Bonchev–Trinajstić information content (AvgIpc) is 2.81. The van der Waals surface area contributed by atoms with E-state index in [0.717, 1.165) is 25.3 Å². The summed E-state index contributed by atoms with van der Waals surface area (Å²) in [7, 11) is 0. The summed E-state index contributed by atoms with van der Waals surface area (Å²) >= 11 is 0. The van der Waals surface area contributed by atoms with Gasteiger partial charge in [0.2, 0.25) is 0 Å². The molecule has 2 nitrogen and oxygen atoms in total. The molecule has 1 aromatic rings. The van der Waals surface area contributed by atoms with Gasteiger partial charge in [0.25, 0.3) is 0 Å². The fraction of sp³-hybridized carbons (Fsp3) is 0.647. The van der Waals surface area contributed by atoms with Crippen LogP contribution in [0.2, 0.25) is 0 Å². The Bertz CT molecular complexity index is 431. The number of rotatable bonds is 3. The van der Waals surface area contributed by atoms with E-state index in [9.17, 15) is 5.11 Å². The van der Waals surface area contributed by atoms with Crippen LogP contribution in [-0.2, 0) is 6.42 Å². The Morgan fingerprint density at radius 1 is 1.26 bits per heavy atom. The summed E-state index contributed by atoms with van der Waals surface area (Å²) in [5.41, 5.74) is 2.92. The third-order valence-electron chi connectivity index (χ3n) is 4.82. The minimum atomic E-state index is -0.0440. The van der Waals surface area contributed by atoms with Gasteiger partial charge in [-0.3, -0.25) is 0 Å². The number of benzene rings is 1. The topological polar surface area (TPSA) is 23.5 Å². The van der Waals surface area contributed by atoms with Gasteiger partial charge < -0.3 is 10.0 Å². The van der Waals surface area contributed by atoms with E-state index in [-0.39, 0.29) is 6.10 Å². The molecule has 3 unspecified atom stereocenters. The lowest BCUT2D eigenvalue weighted by molar-refractivity contribution is 0.129. The van der Waals surface area contributed by atoms with E-state index in [2.05, 4.69) is 36.1 Å². The van der Waals surface area contributed by atoms with Crippen LogP contribution in [0.25, 0.3) is 0 Å². The predicted molar refractivity (Wildman–Crippen MR) is 79.5 cm³/mol. The molecule has 1 saturated carbocycles. The maximum atomic E-state index is 9.95. The molecule has 1 N–H and O–H groups in total. The van der Waals surface area contributed by atoms with Gasteiger partial charge in [0, 0.05) is 18.8 Å². The zero-order chi connectivity index (χ0) is 13.2. The maximum absolute atomic E-state index is 9.95. The molecule has 104 valence electrons. The summed E-state index contributed by atoms with van der Waals surface area (Å²) in [5, 5.41) is 9.95. The van der Waals surface area contributed by atoms with Gasteiger partial charge in [-0.25, -0.2) is 0 Å². The number of aliphatic hydroxyl groups excluding tert-OH is 1. The summed E-state index contributed by atoms with van der Waals surface area (Å²) in [6, 6.07) is 8.82. The molecule has 3 rings (SSSR count). The highest BCUT2D eigenvalue weighted by atomic mass is 16.3. The predicted octanol–water partition coefficient (Wildman–Crippen LogP) is 3.24. The molecule has 1 heterocycles. The SMILES string of the molecule is CC1Cc2ccccc2N(CCC2CCCC2O)C1. The Morgan fingerprint density at radius 2 is 2.11 bits per heavy atom. The van der Waals surface area contributed by atoms with E-state index in [4.69, 9.17) is 0 Å². The Hall–Kier alpha value is -1.02. The molecule has 0 amide bonds. The third kappa shape index (κ3) is 2.79. The maximum Gasteiger partial charge on any atom is 0.0569 e. The molecule has 19 heavy (non-hydrogen) atoms. The van der Waals surface area contributed by atoms with Gasteiger partial charge in [-0.1, -0.05) is 31.5 Å². The molecule has 0 radical (unpaired) electrons. The molecule has 0 saturated heterocycles. The zero-order valence-corrected chi connectivity index (χ0v) is 11.9. The van der Waals surface area contributed by atoms with Crippen LogP contribution >= 0.6 is 0 Å². The molecule has 2 heteroatoms. The van der Waals surface area contributed by atoms with Crippen LogP contribution < -0.4 is 4.90 Å². The van der Waals surface area contributed by atoms with Crippen molar-refractivity contribution in [2.24, 2.45) is 11.8 Å². The molecule has 1 fully saturated rings. The Balaban J connectivity index is 1.67. The van der Waals surface area contributed by atoms with Crippen molar-refractivity contribution in [3.8, 4) is 0 Å². The normalized spacial score (nSPS) is 30.4. The van der Waals surface area contributed by atoms with Gasteiger partial charge in [-0.15, -0.1) is 0 Å². The second-order valence-corrected chi connectivity index (χ2v) is 6.43. The Labute approximate surface area is 116 Å². The van der Waals surface area contributed by atoms with Crippen molar-refractivity contribution in [3.05, 3.63) is 29.8 Å². The molecule has 2 aliphatic rings. The van der Waals surface area contributed by atoms with Crippen molar-refractivity contribution >= 4 is 5.69 Å². The molecule has 1 aliphatic carbocycles. The van der Waals surface area contributed by atoms with Crippen molar-refractivity contribution in [3.63, 3.8) is 0 Å². The van der Waals surface area contributed by atoms with Crippen molar-refractivity contribution in [1.82, 2.24) is 0 Å². The molecular formula is C17H25NO. The Morgan fingerprint density at radius 3 is 2.89 bits per heavy atom. The number of hydrogen-bond donors (Lipinski definition) is 1. The van der Waals surface area contributed by atoms with Crippen molar-refractivity contribution in [2.45, 2.75) is 45.1 Å². The van der Waals surface area contributed by atoms with E-state index in [1.165, 1.54) is 37.1 Å². The van der Waals surface area contributed by atoms with Crippen LogP contribution in [0.5, 0.6) is 0 Å². The average molecular weight is 259 g/mol. The number of fused-ring (bicyclic) bond motifs is 1. The monoisotopic (exact) mass is 259 g/mol. The Kier molecular flexibility index (Phi) is 3.79. The molecular weight excluding hydrogens is 234 g/mol. The van der Waals surface area contributed by atoms with Crippen LogP contribution in [0.1, 0.15) is 38.2 Å². The molecule has 0 aromatic heterocycles. The number of para-hydroxylation sites is 1. The second kappa shape index (κ2) is 5.54. The third-order valence-corrected chi connectivity index (χ3v) is 4.82. The van der Waals surface area contributed by atoms with Crippen LogP contribution in [0.15, 0.2) is 24.3 Å². The smallest absolute Gasteiger partial charge is 0.0569 e. The number of aliphatic hydroxyl groups is 1. The summed E-state index contributed by atoms with van der Waals surface area (Å²) < 4.78 is 0. The zero-order valence-electron chi connectivity index (χ0n) is 11.9. The number of anilines is 1. The minimum Gasteiger partial charge on any atom is -0.393 e. The first-order chi connectivity index (χ1) is 9.24. The molecule has 1 aromatic carbocycles. The van der Waals surface area contributed by atoms with E-state index < -0.39 is 0 Å². The number of hydrogen-bond acceptors (Lipinski definition) is 2. The van der Waals surface area contributed by atoms with E-state index >= 15 is 0 Å². The van der Waals surface area contributed by atoms with Gasteiger partial charge in [-0.2, -0.15) is 0 Å². The lowest BCUT2D eigenvalue weighted by Crippen LogP contribution is -2.36. The van der Waals surface area contributed by atoms with Crippen molar-refractivity contribution in [1.29, 1.82) is 0 Å². The summed E-state index contributed by atoms with van der Waals surface area (Å²) in [4.78, 5) is 2.54. The van der Waals surface area contributed by atoms with Crippen LogP contribution in [0, 0.1) is 11.8 Å². The summed E-state index contributed by atoms with van der Waals surface area (Å²) in [6.45, 7) is 4.61. The van der Waals surface area contributed by atoms with Gasteiger partial charge in [0.05, 0.1) is 6.10 Å². The van der Waals surface area contributed by atoms with Gasteiger partial charge in [0.1, 0.15) is 0 Å². The van der Waals surface area contributed by atoms with Crippen LogP contribution in [0.3, 0.4) is 0 Å². The second-order valence-electron chi connectivity index (χ2n) is 6.43. The van der Waals surface area contributed by atoms with Crippen molar-refractivity contribution in [2.75, 3.05) is 18.0 Å². The number of nitrogens with zero attached hydrogens (tertiary/aromatic N) is 1.